The first-order valence-corrected chi connectivity index (χ1v) is 11.1. The molecule has 0 radical (unpaired) electrons. The molecule has 0 fully saturated rings. The molecule has 1 atom stereocenters. The zero-order valence-corrected chi connectivity index (χ0v) is 18.9. The van der Waals surface area contributed by atoms with Crippen LogP contribution in [0.3, 0.4) is 0 Å². The average Bonchev–Trinajstić information content (AvgIpc) is 3.42. The van der Waals surface area contributed by atoms with Crippen LogP contribution < -0.4 is 11.1 Å². The smallest absolute Gasteiger partial charge is 0.329 e. The Kier molecular flexibility index (Phi) is 6.27. The lowest BCUT2D eigenvalue weighted by Gasteiger charge is -2.34. The molecule has 0 aliphatic carbocycles. The van der Waals surface area contributed by atoms with E-state index < -0.39 is 17.9 Å². The van der Waals surface area contributed by atoms with Crippen LogP contribution in [0.15, 0.2) is 71.3 Å². The number of aromatic nitrogens is 3. The number of nitrogens with two attached hydrogens (primary N) is 1. The summed E-state index contributed by atoms with van der Waals surface area (Å²) in [6, 6.07) is 15.5. The first-order chi connectivity index (χ1) is 17.5. The molecule has 2 aromatic carbocycles. The molecule has 2 aromatic heterocycles. The summed E-state index contributed by atoms with van der Waals surface area (Å²) in [7, 11) is 0. The number of carbonyl (C=O) groups is 2. The third-order valence-electron chi connectivity index (χ3n) is 5.66. The van der Waals surface area contributed by atoms with Crippen LogP contribution in [0.2, 0.25) is 0 Å². The third-order valence-corrected chi connectivity index (χ3v) is 5.66. The third kappa shape index (κ3) is 4.99. The molecule has 5 rings (SSSR count). The second-order valence-electron chi connectivity index (χ2n) is 8.07. The van der Waals surface area contributed by atoms with E-state index in [0.29, 0.717) is 5.69 Å². The van der Waals surface area contributed by atoms with Crippen LogP contribution in [0.5, 0.6) is 0 Å². The maximum absolute atomic E-state index is 13.2. The van der Waals surface area contributed by atoms with E-state index in [4.69, 9.17) is 14.9 Å². The van der Waals surface area contributed by atoms with Crippen molar-refractivity contribution in [3.8, 4) is 0 Å². The second-order valence-corrected chi connectivity index (χ2v) is 8.07. The van der Waals surface area contributed by atoms with E-state index in [0.717, 1.165) is 11.1 Å². The van der Waals surface area contributed by atoms with Crippen LogP contribution >= 0.6 is 0 Å². The number of furan rings is 1. The minimum atomic E-state index is -0.867. The summed E-state index contributed by atoms with van der Waals surface area (Å²) >= 11 is 0. The van der Waals surface area contributed by atoms with Gasteiger partial charge in [-0.1, -0.05) is 24.3 Å². The molecular weight excluding hydrogens is 467 g/mol. The number of nitrogens with one attached hydrogen (secondary N) is 1. The predicted octanol–water partition coefficient (Wildman–Crippen LogP) is 3.24. The molecule has 10 nitrogen and oxygen atoms in total. The van der Waals surface area contributed by atoms with E-state index in [-0.39, 0.29) is 48.9 Å². The van der Waals surface area contributed by atoms with E-state index >= 15 is 0 Å². The fraction of sp³-hybridized carbons (Fsp3) is 0.160. The SMILES string of the molecule is Nc1nc(COC(=O)[C@@H]2Cc3ccccc3CN2C(=O)c2ccco2)nc(Nc2ccc(F)cc2)n1. The van der Waals surface area contributed by atoms with E-state index in [2.05, 4.69) is 20.3 Å². The fourth-order valence-electron chi connectivity index (χ4n) is 3.94. The maximum atomic E-state index is 13.2. The highest BCUT2D eigenvalue weighted by molar-refractivity contribution is 5.95. The number of carbonyl (C=O) groups excluding carboxylic acids is 2. The van der Waals surface area contributed by atoms with Crippen molar-refractivity contribution >= 4 is 29.5 Å². The fourth-order valence-corrected chi connectivity index (χ4v) is 3.94. The molecule has 0 unspecified atom stereocenters. The lowest BCUT2D eigenvalue weighted by molar-refractivity contribution is -0.151. The Balaban J connectivity index is 1.32. The van der Waals surface area contributed by atoms with Crippen LogP contribution in [0.1, 0.15) is 27.5 Å². The van der Waals surface area contributed by atoms with Gasteiger partial charge in [0.25, 0.3) is 5.91 Å². The minimum Gasteiger partial charge on any atom is -0.459 e. The Hall–Kier alpha value is -4.80. The molecule has 1 amide bonds. The van der Waals surface area contributed by atoms with Gasteiger partial charge in [0.1, 0.15) is 11.9 Å². The summed E-state index contributed by atoms with van der Waals surface area (Å²) in [5.41, 5.74) is 8.23. The molecular formula is C25H21FN6O4. The molecule has 0 saturated heterocycles. The first-order valence-electron chi connectivity index (χ1n) is 11.1. The van der Waals surface area contributed by atoms with E-state index in [1.54, 1.807) is 12.1 Å². The number of ether oxygens (including phenoxy) is 1. The molecule has 1 aliphatic rings. The minimum absolute atomic E-state index is 0.0816. The van der Waals surface area contributed by atoms with Crippen molar-refractivity contribution in [1.29, 1.82) is 0 Å². The zero-order chi connectivity index (χ0) is 25.1. The number of nitrogen functional groups attached to an aromatic ring is 1. The van der Waals surface area contributed by atoms with E-state index in [1.807, 2.05) is 24.3 Å². The number of benzene rings is 2. The summed E-state index contributed by atoms with van der Waals surface area (Å²) in [6.07, 6.45) is 1.69. The Bertz CT molecular complexity index is 1390. The summed E-state index contributed by atoms with van der Waals surface area (Å²) in [6.45, 7) is -0.0511. The molecule has 36 heavy (non-hydrogen) atoms. The van der Waals surface area contributed by atoms with Crippen molar-refractivity contribution in [2.45, 2.75) is 25.6 Å². The molecule has 4 aromatic rings. The zero-order valence-electron chi connectivity index (χ0n) is 18.9. The van der Waals surface area contributed by atoms with Gasteiger partial charge in [-0.05, 0) is 47.5 Å². The molecule has 3 N–H and O–H groups in total. The number of rotatable bonds is 6. The predicted molar refractivity (Wildman–Crippen MR) is 126 cm³/mol. The Labute approximate surface area is 204 Å². The molecule has 3 heterocycles. The molecule has 1 aliphatic heterocycles. The molecule has 0 spiro atoms. The van der Waals surface area contributed by atoms with Crippen molar-refractivity contribution in [2.24, 2.45) is 0 Å². The summed E-state index contributed by atoms with van der Waals surface area (Å²) in [5.74, 6) is -1.13. The van der Waals surface area contributed by atoms with Gasteiger partial charge >= 0.3 is 5.97 Å². The van der Waals surface area contributed by atoms with Gasteiger partial charge < -0.3 is 25.1 Å². The van der Waals surface area contributed by atoms with Crippen molar-refractivity contribution in [2.75, 3.05) is 11.1 Å². The molecule has 0 bridgehead atoms. The van der Waals surface area contributed by atoms with Crippen LogP contribution in [0, 0.1) is 5.82 Å². The molecule has 0 saturated carbocycles. The number of anilines is 3. The number of nitrogens with zero attached hydrogens (tertiary/aromatic N) is 4. The monoisotopic (exact) mass is 488 g/mol. The Morgan fingerprint density at radius 3 is 2.58 bits per heavy atom. The van der Waals surface area contributed by atoms with Gasteiger partial charge in [0.2, 0.25) is 11.9 Å². The average molecular weight is 488 g/mol. The number of esters is 1. The summed E-state index contributed by atoms with van der Waals surface area (Å²) < 4.78 is 23.9. The van der Waals surface area contributed by atoms with Gasteiger partial charge in [-0.2, -0.15) is 15.0 Å². The highest BCUT2D eigenvalue weighted by Gasteiger charge is 2.37. The van der Waals surface area contributed by atoms with Gasteiger partial charge in [-0.15, -0.1) is 0 Å². The Morgan fingerprint density at radius 1 is 1.06 bits per heavy atom. The largest absolute Gasteiger partial charge is 0.459 e. The maximum Gasteiger partial charge on any atom is 0.329 e. The van der Waals surface area contributed by atoms with Gasteiger partial charge in [-0.3, -0.25) is 4.79 Å². The van der Waals surface area contributed by atoms with Gasteiger partial charge in [0.05, 0.1) is 6.26 Å². The van der Waals surface area contributed by atoms with Gasteiger partial charge in [0.15, 0.2) is 18.2 Å². The number of hydrogen-bond acceptors (Lipinski definition) is 9. The number of hydrogen-bond donors (Lipinski definition) is 2. The van der Waals surface area contributed by atoms with Gasteiger partial charge in [0, 0.05) is 18.7 Å². The number of fused-ring (bicyclic) bond motifs is 1. The van der Waals surface area contributed by atoms with E-state index in [1.165, 1.54) is 35.4 Å². The van der Waals surface area contributed by atoms with Crippen LogP contribution in [-0.4, -0.2) is 37.8 Å². The highest BCUT2D eigenvalue weighted by Crippen LogP contribution is 2.26. The van der Waals surface area contributed by atoms with Gasteiger partial charge in [-0.25, -0.2) is 9.18 Å². The lowest BCUT2D eigenvalue weighted by Crippen LogP contribution is -2.49. The number of halogens is 1. The normalized spacial score (nSPS) is 14.7. The quantitative estimate of drug-likeness (QED) is 0.392. The van der Waals surface area contributed by atoms with Crippen molar-refractivity contribution < 1.29 is 23.1 Å². The first kappa shape index (κ1) is 23.0. The van der Waals surface area contributed by atoms with Crippen LogP contribution in [-0.2, 0) is 29.1 Å². The van der Waals surface area contributed by atoms with Crippen molar-refractivity contribution in [1.82, 2.24) is 19.9 Å². The standard InChI is InChI=1S/C25H21FN6O4/c26-17-7-9-18(10-8-17)28-25-30-21(29-24(27)31-25)14-36-23(34)19-12-15-4-1-2-5-16(15)13-32(19)22(33)20-6-3-11-35-20/h1-11,19H,12-14H2,(H3,27,28,29,30,31)/t19-/m0/s1. The van der Waals surface area contributed by atoms with Crippen molar-refractivity contribution in [3.05, 3.63) is 95.5 Å². The topological polar surface area (TPSA) is 136 Å². The molecule has 182 valence electrons. The Morgan fingerprint density at radius 2 is 1.83 bits per heavy atom. The highest BCUT2D eigenvalue weighted by atomic mass is 19.1. The summed E-state index contributed by atoms with van der Waals surface area (Å²) in [5, 5.41) is 2.90. The lowest BCUT2D eigenvalue weighted by atomic mass is 9.93. The summed E-state index contributed by atoms with van der Waals surface area (Å²) in [4.78, 5) is 39.9. The second kappa shape index (κ2) is 9.82. The number of amides is 1. The molecule has 11 heteroatoms. The van der Waals surface area contributed by atoms with Crippen LogP contribution in [0.25, 0.3) is 0 Å². The van der Waals surface area contributed by atoms with Crippen LogP contribution in [0.4, 0.5) is 22.0 Å². The van der Waals surface area contributed by atoms with Crippen molar-refractivity contribution in [3.63, 3.8) is 0 Å². The van der Waals surface area contributed by atoms with E-state index in [9.17, 15) is 14.0 Å².